The smallest absolute Gasteiger partial charge is 0.318 e. The molecule has 1 rings (SSSR count). The van der Waals surface area contributed by atoms with Crippen LogP contribution in [0.4, 0.5) is 8.78 Å². The van der Waals surface area contributed by atoms with E-state index in [0.717, 1.165) is 8.61 Å². The van der Waals surface area contributed by atoms with Crippen LogP contribution >= 0.6 is 0 Å². The number of rotatable bonds is 4. The first-order valence-corrected chi connectivity index (χ1v) is 5.85. The van der Waals surface area contributed by atoms with Crippen molar-refractivity contribution in [3.05, 3.63) is 0 Å². The highest BCUT2D eigenvalue weighted by atomic mass is 32.2. The van der Waals surface area contributed by atoms with Crippen molar-refractivity contribution in [3.63, 3.8) is 0 Å². The maximum Gasteiger partial charge on any atom is 0.345 e. The van der Waals surface area contributed by atoms with Crippen LogP contribution in [0.25, 0.3) is 0 Å². The molecule has 0 aromatic heterocycles. The van der Waals surface area contributed by atoms with Gasteiger partial charge in [0.2, 0.25) is 0 Å². The Morgan fingerprint density at radius 3 is 2.53 bits per heavy atom. The summed E-state index contributed by atoms with van der Waals surface area (Å²) in [6.45, 7) is -2.64. The second kappa shape index (κ2) is 4.69. The van der Waals surface area contributed by atoms with Gasteiger partial charge in [0.05, 0.1) is 6.10 Å². The van der Waals surface area contributed by atoms with Gasteiger partial charge in [0, 0.05) is 27.2 Å². The molecule has 0 aromatic rings. The first kappa shape index (κ1) is 12.8. The number of nitrogens with zero attached hydrogens (tertiary/aromatic N) is 2. The molecule has 90 valence electrons. The SMILES string of the molecule is CN(C)S(=O)(=O)N1CC[C@H](OC(F)F)C1. The Kier molecular flexibility index (Phi) is 3.99. The fraction of sp³-hybridized carbons (Fsp3) is 1.00. The van der Waals surface area contributed by atoms with Crippen LogP contribution in [0.2, 0.25) is 0 Å². The molecule has 1 aliphatic rings. The molecule has 8 heteroatoms. The minimum atomic E-state index is -3.50. The van der Waals surface area contributed by atoms with Crippen LogP contribution in [0.1, 0.15) is 6.42 Å². The van der Waals surface area contributed by atoms with Crippen molar-refractivity contribution in [2.24, 2.45) is 0 Å². The van der Waals surface area contributed by atoms with Crippen LogP contribution in [-0.4, -0.2) is 56.9 Å². The minimum absolute atomic E-state index is 0.00907. The molecule has 1 fully saturated rings. The van der Waals surface area contributed by atoms with Gasteiger partial charge in [-0.2, -0.15) is 25.8 Å². The monoisotopic (exact) mass is 244 g/mol. The van der Waals surface area contributed by atoms with Gasteiger partial charge in [-0.3, -0.25) is 0 Å². The van der Waals surface area contributed by atoms with Crippen molar-refractivity contribution in [1.29, 1.82) is 0 Å². The summed E-state index contributed by atoms with van der Waals surface area (Å²) >= 11 is 0. The van der Waals surface area contributed by atoms with Crippen LogP contribution in [0.5, 0.6) is 0 Å². The third kappa shape index (κ3) is 3.07. The molecule has 0 saturated carbocycles. The Morgan fingerprint density at radius 2 is 2.07 bits per heavy atom. The van der Waals surface area contributed by atoms with Gasteiger partial charge in [-0.05, 0) is 6.42 Å². The van der Waals surface area contributed by atoms with Crippen molar-refractivity contribution in [1.82, 2.24) is 8.61 Å². The van der Waals surface area contributed by atoms with Crippen LogP contribution < -0.4 is 0 Å². The fourth-order valence-electron chi connectivity index (χ4n) is 1.39. The molecule has 0 N–H and O–H groups in total. The molecule has 1 aliphatic heterocycles. The zero-order valence-electron chi connectivity index (χ0n) is 8.56. The summed E-state index contributed by atoms with van der Waals surface area (Å²) in [5.74, 6) is 0. The zero-order chi connectivity index (χ0) is 11.6. The largest absolute Gasteiger partial charge is 0.345 e. The molecule has 0 spiro atoms. The maximum absolute atomic E-state index is 11.9. The predicted molar refractivity (Wildman–Crippen MR) is 49.7 cm³/mol. The number of halogens is 2. The first-order chi connectivity index (χ1) is 6.84. The van der Waals surface area contributed by atoms with Gasteiger partial charge >= 0.3 is 6.61 Å². The lowest BCUT2D eigenvalue weighted by Gasteiger charge is -2.20. The summed E-state index contributed by atoms with van der Waals surface area (Å²) in [4.78, 5) is 0. The number of ether oxygens (including phenoxy) is 1. The third-order valence-corrected chi connectivity index (χ3v) is 4.10. The van der Waals surface area contributed by atoms with Crippen LogP contribution in [0.3, 0.4) is 0 Å². The fourth-order valence-corrected chi connectivity index (χ4v) is 2.55. The topological polar surface area (TPSA) is 49.9 Å². The Bertz CT molecular complexity index is 307. The van der Waals surface area contributed by atoms with Crippen LogP contribution in [0.15, 0.2) is 0 Å². The summed E-state index contributed by atoms with van der Waals surface area (Å²) in [5, 5.41) is 0. The summed E-state index contributed by atoms with van der Waals surface area (Å²) in [6.07, 6.45) is -0.406. The van der Waals surface area contributed by atoms with Gasteiger partial charge < -0.3 is 4.74 Å². The lowest BCUT2D eigenvalue weighted by molar-refractivity contribution is -0.157. The van der Waals surface area contributed by atoms with Gasteiger partial charge in [0.15, 0.2) is 0 Å². The van der Waals surface area contributed by atoms with Gasteiger partial charge in [-0.15, -0.1) is 0 Å². The average Bonchev–Trinajstić information content (AvgIpc) is 2.51. The molecule has 1 saturated heterocycles. The Morgan fingerprint density at radius 1 is 1.47 bits per heavy atom. The highest BCUT2D eigenvalue weighted by Gasteiger charge is 2.34. The van der Waals surface area contributed by atoms with Crippen molar-refractivity contribution >= 4 is 10.2 Å². The number of hydrogen-bond acceptors (Lipinski definition) is 3. The van der Waals surface area contributed by atoms with E-state index < -0.39 is 22.9 Å². The molecular formula is C7H14F2N2O3S. The molecule has 0 radical (unpaired) electrons. The molecule has 1 heterocycles. The van der Waals surface area contributed by atoms with Gasteiger partial charge in [0.1, 0.15) is 0 Å². The Hall–Kier alpha value is -0.310. The van der Waals surface area contributed by atoms with Crippen molar-refractivity contribution in [2.75, 3.05) is 27.2 Å². The molecule has 1 atom stereocenters. The minimum Gasteiger partial charge on any atom is -0.318 e. The van der Waals surface area contributed by atoms with Crippen LogP contribution in [0, 0.1) is 0 Å². The lowest BCUT2D eigenvalue weighted by atomic mass is 10.3. The molecule has 0 amide bonds. The Labute approximate surface area is 87.8 Å². The number of hydrogen-bond donors (Lipinski definition) is 0. The Balaban J connectivity index is 2.57. The number of alkyl halides is 2. The summed E-state index contributed by atoms with van der Waals surface area (Å²) in [7, 11) is -0.705. The van der Waals surface area contributed by atoms with Gasteiger partial charge in [0.25, 0.3) is 10.2 Å². The van der Waals surface area contributed by atoms with E-state index in [2.05, 4.69) is 4.74 Å². The van der Waals surface area contributed by atoms with E-state index in [4.69, 9.17) is 0 Å². The third-order valence-electron chi connectivity index (χ3n) is 2.19. The predicted octanol–water partition coefficient (Wildman–Crippen LogP) is 0.106. The lowest BCUT2D eigenvalue weighted by Crippen LogP contribution is -2.39. The van der Waals surface area contributed by atoms with Gasteiger partial charge in [-0.25, -0.2) is 0 Å². The summed E-state index contributed by atoms with van der Waals surface area (Å²) in [5.41, 5.74) is 0. The second-order valence-corrected chi connectivity index (χ2v) is 5.60. The molecule has 0 unspecified atom stereocenters. The highest BCUT2D eigenvalue weighted by molar-refractivity contribution is 7.86. The second-order valence-electron chi connectivity index (χ2n) is 3.46. The van der Waals surface area contributed by atoms with Gasteiger partial charge in [-0.1, -0.05) is 0 Å². The molecule has 15 heavy (non-hydrogen) atoms. The van der Waals surface area contributed by atoms with E-state index in [-0.39, 0.29) is 13.1 Å². The first-order valence-electron chi connectivity index (χ1n) is 4.45. The molecule has 0 aliphatic carbocycles. The quantitative estimate of drug-likeness (QED) is 0.705. The van der Waals surface area contributed by atoms with Crippen molar-refractivity contribution in [3.8, 4) is 0 Å². The average molecular weight is 244 g/mol. The van der Waals surface area contributed by atoms with E-state index in [1.807, 2.05) is 0 Å². The normalized spacial score (nSPS) is 24.3. The zero-order valence-corrected chi connectivity index (χ0v) is 9.38. The maximum atomic E-state index is 11.9. The highest BCUT2D eigenvalue weighted by Crippen LogP contribution is 2.19. The van der Waals surface area contributed by atoms with E-state index >= 15 is 0 Å². The van der Waals surface area contributed by atoms with Crippen LogP contribution in [-0.2, 0) is 14.9 Å². The standard InChI is InChI=1S/C7H14F2N2O3S/c1-10(2)15(12,13)11-4-3-6(5-11)14-7(8)9/h6-7H,3-5H2,1-2H3/t6-/m0/s1. The van der Waals surface area contributed by atoms with E-state index in [1.165, 1.54) is 14.1 Å². The summed E-state index contributed by atoms with van der Waals surface area (Å²) in [6, 6.07) is 0. The van der Waals surface area contributed by atoms with E-state index in [1.54, 1.807) is 0 Å². The van der Waals surface area contributed by atoms with E-state index in [0.29, 0.717) is 6.42 Å². The molecular weight excluding hydrogens is 230 g/mol. The molecule has 0 bridgehead atoms. The van der Waals surface area contributed by atoms with Crippen molar-refractivity contribution < 1.29 is 21.9 Å². The van der Waals surface area contributed by atoms with Crippen molar-refractivity contribution in [2.45, 2.75) is 19.1 Å². The molecule has 0 aromatic carbocycles. The summed E-state index contributed by atoms with van der Waals surface area (Å²) < 4.78 is 53.3. The van der Waals surface area contributed by atoms with E-state index in [9.17, 15) is 17.2 Å². The molecule has 5 nitrogen and oxygen atoms in total.